The van der Waals surface area contributed by atoms with Crippen LogP contribution in [-0.4, -0.2) is 29.8 Å². The third kappa shape index (κ3) is 4.63. The average molecular weight is 425 g/mol. The summed E-state index contributed by atoms with van der Waals surface area (Å²) in [6, 6.07) is 6.82. The lowest BCUT2D eigenvalue weighted by Crippen LogP contribution is -2.44. The van der Waals surface area contributed by atoms with Gasteiger partial charge in [0.15, 0.2) is 0 Å². The van der Waals surface area contributed by atoms with Crippen LogP contribution < -0.4 is 5.32 Å². The van der Waals surface area contributed by atoms with Crippen molar-refractivity contribution >= 4 is 17.5 Å². The molecule has 0 spiro atoms. The number of carbonyl (C=O) groups excluding carboxylic acids is 2. The smallest absolute Gasteiger partial charge is 0.338 e. The molecule has 1 heterocycles. The van der Waals surface area contributed by atoms with Gasteiger partial charge in [-0.3, -0.25) is 9.59 Å². The number of carbonyl (C=O) groups is 2. The van der Waals surface area contributed by atoms with Crippen LogP contribution in [0.5, 0.6) is 0 Å². The highest BCUT2D eigenvalue weighted by molar-refractivity contribution is 5.97. The van der Waals surface area contributed by atoms with E-state index in [2.05, 4.69) is 5.32 Å². The summed E-state index contributed by atoms with van der Waals surface area (Å²) >= 11 is 0. The molecule has 1 saturated heterocycles. The molecule has 0 aromatic heterocycles. The Morgan fingerprint density at radius 3 is 2.67 bits per heavy atom. The molecule has 0 aliphatic carbocycles. The molecule has 0 saturated carbocycles. The second-order valence-corrected chi connectivity index (χ2v) is 7.27. The van der Waals surface area contributed by atoms with Gasteiger partial charge in [-0.25, -0.2) is 4.39 Å². The number of benzene rings is 2. The quantitative estimate of drug-likeness (QED) is 0.708. The normalized spacial score (nSPS) is 18.9. The van der Waals surface area contributed by atoms with E-state index in [1.165, 1.54) is 30.0 Å². The fourth-order valence-electron chi connectivity index (χ4n) is 3.52. The number of alkyl halides is 3. The minimum Gasteiger partial charge on any atom is -0.338 e. The Morgan fingerprint density at radius 2 is 1.97 bits per heavy atom. The van der Waals surface area contributed by atoms with Crippen LogP contribution >= 0.6 is 0 Å². The van der Waals surface area contributed by atoms with E-state index in [0.717, 1.165) is 18.2 Å². The topological polar surface area (TPSA) is 49.4 Å². The number of hydrogen-bond donors (Lipinski definition) is 1. The molecule has 1 fully saturated rings. The molecule has 4 nitrogen and oxygen atoms in total. The summed E-state index contributed by atoms with van der Waals surface area (Å²) in [5, 5.41) is 2.46. The first-order valence-corrected chi connectivity index (χ1v) is 9.36. The zero-order valence-corrected chi connectivity index (χ0v) is 16.1. The molecule has 1 N–H and O–H groups in total. The van der Waals surface area contributed by atoms with Gasteiger partial charge < -0.3 is 10.2 Å². The SMILES string of the molecule is [2H]C([2H])([2H])c1cccc(F)c1C(=O)N1CCCC(C(=O)Nc2ccc(C)c(C(F)(F)F)c2)C1. The maximum atomic E-state index is 14.4. The van der Waals surface area contributed by atoms with Crippen molar-refractivity contribution in [2.45, 2.75) is 32.8 Å². The molecular formula is C22H22F4N2O2. The molecule has 2 amide bonds. The van der Waals surface area contributed by atoms with Gasteiger partial charge in [-0.2, -0.15) is 13.2 Å². The molecular weight excluding hydrogens is 400 g/mol. The molecule has 1 aliphatic heterocycles. The van der Waals surface area contributed by atoms with E-state index in [1.54, 1.807) is 0 Å². The summed E-state index contributed by atoms with van der Waals surface area (Å²) < 4.78 is 76.6. The number of aryl methyl sites for hydroxylation is 2. The first-order valence-electron chi connectivity index (χ1n) is 10.9. The van der Waals surface area contributed by atoms with E-state index in [1.807, 2.05) is 0 Å². The average Bonchev–Trinajstić information content (AvgIpc) is 2.73. The maximum Gasteiger partial charge on any atom is 0.416 e. The van der Waals surface area contributed by atoms with Gasteiger partial charge in [0.2, 0.25) is 5.91 Å². The first-order chi connectivity index (χ1) is 15.3. The van der Waals surface area contributed by atoms with Crippen molar-refractivity contribution in [1.29, 1.82) is 0 Å². The van der Waals surface area contributed by atoms with Crippen molar-refractivity contribution in [3.8, 4) is 0 Å². The number of nitrogens with zero attached hydrogens (tertiary/aromatic N) is 1. The van der Waals surface area contributed by atoms with Crippen LogP contribution in [0.1, 0.15) is 44.0 Å². The van der Waals surface area contributed by atoms with Crippen LogP contribution in [0.15, 0.2) is 36.4 Å². The number of piperidine rings is 1. The fraction of sp³-hybridized carbons (Fsp3) is 0.364. The molecule has 2 aromatic rings. The Labute approximate surface area is 176 Å². The van der Waals surface area contributed by atoms with E-state index in [0.29, 0.717) is 12.8 Å². The Bertz CT molecular complexity index is 1070. The monoisotopic (exact) mass is 425 g/mol. The number of nitrogens with one attached hydrogen (secondary N) is 1. The molecule has 1 unspecified atom stereocenters. The van der Waals surface area contributed by atoms with E-state index in [4.69, 9.17) is 4.11 Å². The largest absolute Gasteiger partial charge is 0.416 e. The lowest BCUT2D eigenvalue weighted by atomic mass is 9.95. The van der Waals surface area contributed by atoms with Gasteiger partial charge in [0.05, 0.1) is 17.0 Å². The van der Waals surface area contributed by atoms with Crippen molar-refractivity contribution in [1.82, 2.24) is 4.90 Å². The van der Waals surface area contributed by atoms with Crippen molar-refractivity contribution in [2.24, 2.45) is 5.92 Å². The van der Waals surface area contributed by atoms with E-state index >= 15 is 0 Å². The van der Waals surface area contributed by atoms with Gasteiger partial charge in [-0.1, -0.05) is 18.2 Å². The van der Waals surface area contributed by atoms with Crippen LogP contribution in [0.2, 0.25) is 0 Å². The van der Waals surface area contributed by atoms with Crippen LogP contribution in [0.25, 0.3) is 0 Å². The van der Waals surface area contributed by atoms with E-state index in [-0.39, 0.29) is 24.3 Å². The van der Waals surface area contributed by atoms with Crippen molar-refractivity contribution in [3.05, 3.63) is 64.5 Å². The summed E-state index contributed by atoms with van der Waals surface area (Å²) in [4.78, 5) is 26.9. The zero-order valence-electron chi connectivity index (χ0n) is 19.1. The molecule has 1 aliphatic rings. The molecule has 30 heavy (non-hydrogen) atoms. The van der Waals surface area contributed by atoms with Gasteiger partial charge in [0.1, 0.15) is 5.82 Å². The minimum atomic E-state index is -4.57. The molecule has 2 aromatic carbocycles. The van der Waals surface area contributed by atoms with Crippen molar-refractivity contribution in [3.63, 3.8) is 0 Å². The molecule has 3 rings (SSSR count). The number of anilines is 1. The highest BCUT2D eigenvalue weighted by Gasteiger charge is 2.34. The lowest BCUT2D eigenvalue weighted by molar-refractivity contribution is -0.138. The zero-order chi connectivity index (χ0) is 24.6. The standard InChI is InChI=1S/C22H22F4N2O2/c1-13-8-9-16(11-17(13)22(24,25)26)27-20(29)15-6-4-10-28(12-15)21(30)19-14(2)5-3-7-18(19)23/h3,5,7-9,11,15H,4,6,10,12H2,1-2H3,(H,27,29)/i2D3. The number of amides is 2. The molecule has 8 heteroatoms. The summed E-state index contributed by atoms with van der Waals surface area (Å²) in [7, 11) is 0. The molecule has 0 bridgehead atoms. The van der Waals surface area contributed by atoms with Crippen LogP contribution in [0.3, 0.4) is 0 Å². The second-order valence-electron chi connectivity index (χ2n) is 7.27. The van der Waals surface area contributed by atoms with Crippen molar-refractivity contribution in [2.75, 3.05) is 18.4 Å². The van der Waals surface area contributed by atoms with Crippen molar-refractivity contribution < 1.29 is 31.3 Å². The molecule has 1 atom stereocenters. The number of halogens is 4. The maximum absolute atomic E-state index is 14.4. The Kier molecular flexibility index (Phi) is 5.05. The highest BCUT2D eigenvalue weighted by Crippen LogP contribution is 2.33. The second kappa shape index (κ2) is 8.45. The summed E-state index contributed by atoms with van der Waals surface area (Å²) in [5.41, 5.74) is -1.85. The predicted octanol–water partition coefficient (Wildman–Crippen LogP) is 4.95. The minimum absolute atomic E-state index is 0.0184. The van der Waals surface area contributed by atoms with Crippen LogP contribution in [0.4, 0.5) is 23.2 Å². The Balaban J connectivity index is 1.78. The number of likely N-dealkylation sites (tertiary alicyclic amines) is 1. The fourth-order valence-corrected chi connectivity index (χ4v) is 3.52. The van der Waals surface area contributed by atoms with Gasteiger partial charge in [-0.05, 0) is 55.9 Å². The third-order valence-electron chi connectivity index (χ3n) is 5.12. The van der Waals surface area contributed by atoms with Crippen LogP contribution in [-0.2, 0) is 11.0 Å². The molecule has 0 radical (unpaired) electrons. The van der Waals surface area contributed by atoms with Gasteiger partial charge in [-0.15, -0.1) is 0 Å². The summed E-state index contributed by atoms with van der Waals surface area (Å²) in [6.07, 6.45) is -3.81. The van der Waals surface area contributed by atoms with E-state index in [9.17, 15) is 27.2 Å². The van der Waals surface area contributed by atoms with Gasteiger partial charge in [0.25, 0.3) is 5.91 Å². The summed E-state index contributed by atoms with van der Waals surface area (Å²) in [5.74, 6) is -3.14. The first kappa shape index (κ1) is 17.9. The van der Waals surface area contributed by atoms with Crippen LogP contribution in [0, 0.1) is 25.5 Å². The Hall–Kier alpha value is -2.90. The highest BCUT2D eigenvalue weighted by atomic mass is 19.4. The summed E-state index contributed by atoms with van der Waals surface area (Å²) in [6.45, 7) is -1.31. The lowest BCUT2D eigenvalue weighted by Gasteiger charge is -2.32. The third-order valence-corrected chi connectivity index (χ3v) is 5.12. The van der Waals surface area contributed by atoms with Gasteiger partial charge in [0, 0.05) is 22.9 Å². The van der Waals surface area contributed by atoms with E-state index < -0.39 is 53.3 Å². The number of rotatable bonds is 3. The van der Waals surface area contributed by atoms with Gasteiger partial charge >= 0.3 is 6.18 Å². The Morgan fingerprint density at radius 1 is 1.20 bits per heavy atom. The molecule has 160 valence electrons. The predicted molar refractivity (Wildman–Crippen MR) is 105 cm³/mol. The number of hydrogen-bond acceptors (Lipinski definition) is 2.